The van der Waals surface area contributed by atoms with Crippen LogP contribution in [0.5, 0.6) is 0 Å². The number of hydrogen-bond acceptors (Lipinski definition) is 4. The molecule has 0 aliphatic heterocycles. The highest BCUT2D eigenvalue weighted by Gasteiger charge is 2.13. The van der Waals surface area contributed by atoms with Gasteiger partial charge in [0.2, 0.25) is 0 Å². The molecule has 0 unspecified atom stereocenters. The van der Waals surface area contributed by atoms with Gasteiger partial charge in [0.25, 0.3) is 0 Å². The van der Waals surface area contributed by atoms with E-state index in [0.717, 1.165) is 6.42 Å². The molecule has 0 fully saturated rings. The minimum atomic E-state index is -0.409. The second-order valence-electron chi connectivity index (χ2n) is 4.15. The van der Waals surface area contributed by atoms with E-state index in [1.807, 2.05) is 6.92 Å². The van der Waals surface area contributed by atoms with Crippen molar-refractivity contribution in [2.75, 3.05) is 6.61 Å². The zero-order valence-corrected chi connectivity index (χ0v) is 11.6. The molecule has 4 nitrogen and oxygen atoms in total. The summed E-state index contributed by atoms with van der Waals surface area (Å²) in [5, 5.41) is 0.364. The molecular formula is C15H13ClO4. The Bertz CT molecular complexity index is 631. The number of carbonyl (C=O) groups is 2. The van der Waals surface area contributed by atoms with Crippen molar-refractivity contribution in [1.82, 2.24) is 0 Å². The standard InChI is InChI=1S/C15H13ClO4/c1-2-7-19-15(18)10-3-5-12(13(16)8-10)14-6-4-11(9-17)20-14/h3-6,8-9H,2,7H2,1H3. The van der Waals surface area contributed by atoms with Crippen LogP contribution in [0.2, 0.25) is 5.02 Å². The lowest BCUT2D eigenvalue weighted by Crippen LogP contribution is -2.05. The number of aldehydes is 1. The van der Waals surface area contributed by atoms with Crippen LogP contribution in [0.3, 0.4) is 0 Å². The quantitative estimate of drug-likeness (QED) is 0.618. The van der Waals surface area contributed by atoms with Crippen molar-refractivity contribution in [2.45, 2.75) is 13.3 Å². The Kier molecular flexibility index (Phi) is 4.58. The second kappa shape index (κ2) is 6.39. The van der Waals surface area contributed by atoms with Gasteiger partial charge in [0.05, 0.1) is 17.2 Å². The lowest BCUT2D eigenvalue weighted by Gasteiger charge is -2.05. The number of hydrogen-bond donors (Lipinski definition) is 0. The molecular weight excluding hydrogens is 280 g/mol. The molecule has 2 rings (SSSR count). The molecule has 0 radical (unpaired) electrons. The fourth-order valence-electron chi connectivity index (χ4n) is 1.68. The van der Waals surface area contributed by atoms with Gasteiger partial charge in [-0.25, -0.2) is 4.79 Å². The molecule has 0 spiro atoms. The van der Waals surface area contributed by atoms with Gasteiger partial charge in [-0.1, -0.05) is 18.5 Å². The number of halogens is 1. The normalized spacial score (nSPS) is 10.3. The maximum absolute atomic E-state index is 11.7. The fourth-order valence-corrected chi connectivity index (χ4v) is 1.95. The molecule has 0 N–H and O–H groups in total. The fraction of sp³-hybridized carbons (Fsp3) is 0.200. The molecule has 0 bridgehead atoms. The van der Waals surface area contributed by atoms with E-state index in [2.05, 4.69) is 0 Å². The lowest BCUT2D eigenvalue weighted by atomic mass is 10.1. The Morgan fingerprint density at radius 1 is 1.35 bits per heavy atom. The van der Waals surface area contributed by atoms with Crippen molar-refractivity contribution in [3.63, 3.8) is 0 Å². The zero-order valence-electron chi connectivity index (χ0n) is 10.9. The molecule has 5 heteroatoms. The zero-order chi connectivity index (χ0) is 14.5. The van der Waals surface area contributed by atoms with Crippen molar-refractivity contribution < 1.29 is 18.7 Å². The largest absolute Gasteiger partial charge is 0.462 e. The molecule has 1 heterocycles. The van der Waals surface area contributed by atoms with Crippen LogP contribution < -0.4 is 0 Å². The van der Waals surface area contributed by atoms with Gasteiger partial charge in [-0.15, -0.1) is 0 Å². The summed E-state index contributed by atoms with van der Waals surface area (Å²) in [6.45, 7) is 2.30. The lowest BCUT2D eigenvalue weighted by molar-refractivity contribution is 0.0505. The third-order valence-corrected chi connectivity index (χ3v) is 2.96. The van der Waals surface area contributed by atoms with E-state index < -0.39 is 5.97 Å². The predicted molar refractivity (Wildman–Crippen MR) is 75.1 cm³/mol. The first-order chi connectivity index (χ1) is 9.65. The van der Waals surface area contributed by atoms with E-state index in [1.165, 1.54) is 6.07 Å². The van der Waals surface area contributed by atoms with E-state index in [1.54, 1.807) is 24.3 Å². The van der Waals surface area contributed by atoms with E-state index >= 15 is 0 Å². The highest BCUT2D eigenvalue weighted by atomic mass is 35.5. The summed E-state index contributed by atoms with van der Waals surface area (Å²) in [4.78, 5) is 22.3. The molecule has 20 heavy (non-hydrogen) atoms. The van der Waals surface area contributed by atoms with Crippen LogP contribution in [-0.2, 0) is 4.74 Å². The van der Waals surface area contributed by atoms with Gasteiger partial charge >= 0.3 is 5.97 Å². The van der Waals surface area contributed by atoms with Crippen LogP contribution >= 0.6 is 11.6 Å². The molecule has 104 valence electrons. The first kappa shape index (κ1) is 14.3. The van der Waals surface area contributed by atoms with Crippen LogP contribution in [0.25, 0.3) is 11.3 Å². The van der Waals surface area contributed by atoms with Gasteiger partial charge in [-0.3, -0.25) is 4.79 Å². The van der Waals surface area contributed by atoms with E-state index in [9.17, 15) is 9.59 Å². The highest BCUT2D eigenvalue weighted by molar-refractivity contribution is 6.33. The van der Waals surface area contributed by atoms with Crippen LogP contribution in [-0.4, -0.2) is 18.9 Å². The maximum Gasteiger partial charge on any atom is 0.338 e. The summed E-state index contributed by atoms with van der Waals surface area (Å²) >= 11 is 6.14. The molecule has 0 aliphatic rings. The number of ether oxygens (including phenoxy) is 1. The maximum atomic E-state index is 11.7. The molecule has 2 aromatic rings. The van der Waals surface area contributed by atoms with Crippen molar-refractivity contribution in [2.24, 2.45) is 0 Å². The summed E-state index contributed by atoms with van der Waals surface area (Å²) in [5.74, 6) is 0.293. The van der Waals surface area contributed by atoms with Gasteiger partial charge in [-0.2, -0.15) is 0 Å². The minimum absolute atomic E-state index is 0.225. The predicted octanol–water partition coefficient (Wildman–Crippen LogP) is 3.98. The van der Waals surface area contributed by atoms with Gasteiger partial charge < -0.3 is 9.15 Å². The van der Waals surface area contributed by atoms with Crippen LogP contribution in [0, 0.1) is 0 Å². The molecule has 1 aromatic carbocycles. The monoisotopic (exact) mass is 292 g/mol. The van der Waals surface area contributed by atoms with Gasteiger partial charge in [0.1, 0.15) is 5.76 Å². The Balaban J connectivity index is 2.25. The van der Waals surface area contributed by atoms with Crippen molar-refractivity contribution >= 4 is 23.9 Å². The Morgan fingerprint density at radius 3 is 2.75 bits per heavy atom. The van der Waals surface area contributed by atoms with E-state index in [0.29, 0.717) is 34.8 Å². The minimum Gasteiger partial charge on any atom is -0.462 e. The van der Waals surface area contributed by atoms with Crippen molar-refractivity contribution in [3.05, 3.63) is 46.7 Å². The molecule has 0 atom stereocenters. The van der Waals surface area contributed by atoms with Crippen molar-refractivity contribution in [1.29, 1.82) is 0 Å². The first-order valence-electron chi connectivity index (χ1n) is 6.17. The van der Waals surface area contributed by atoms with Gasteiger partial charge in [0.15, 0.2) is 12.0 Å². The molecule has 0 aliphatic carbocycles. The summed E-state index contributed by atoms with van der Waals surface area (Å²) in [5.41, 5.74) is 1.00. The average molecular weight is 293 g/mol. The number of benzene rings is 1. The third-order valence-electron chi connectivity index (χ3n) is 2.65. The smallest absolute Gasteiger partial charge is 0.338 e. The summed E-state index contributed by atoms with van der Waals surface area (Å²) < 4.78 is 10.3. The number of esters is 1. The average Bonchev–Trinajstić information content (AvgIpc) is 2.93. The highest BCUT2D eigenvalue weighted by Crippen LogP contribution is 2.30. The number of rotatable bonds is 5. The molecule has 0 saturated heterocycles. The molecule has 0 amide bonds. The number of carbonyl (C=O) groups excluding carboxylic acids is 2. The van der Waals surface area contributed by atoms with Crippen LogP contribution in [0.1, 0.15) is 34.3 Å². The first-order valence-corrected chi connectivity index (χ1v) is 6.55. The number of furan rings is 1. The van der Waals surface area contributed by atoms with Crippen LogP contribution in [0.4, 0.5) is 0 Å². The summed E-state index contributed by atoms with van der Waals surface area (Å²) in [6.07, 6.45) is 1.38. The molecule has 1 aromatic heterocycles. The summed E-state index contributed by atoms with van der Waals surface area (Å²) in [7, 11) is 0. The third kappa shape index (κ3) is 3.08. The second-order valence-corrected chi connectivity index (χ2v) is 4.56. The molecule has 0 saturated carbocycles. The van der Waals surface area contributed by atoms with Gasteiger partial charge in [-0.05, 0) is 36.8 Å². The van der Waals surface area contributed by atoms with Crippen LogP contribution in [0.15, 0.2) is 34.7 Å². The van der Waals surface area contributed by atoms with Gasteiger partial charge in [0, 0.05) is 5.56 Å². The topological polar surface area (TPSA) is 56.5 Å². The Hall–Kier alpha value is -2.07. The summed E-state index contributed by atoms with van der Waals surface area (Å²) in [6, 6.07) is 8.01. The van der Waals surface area contributed by atoms with Crippen molar-refractivity contribution in [3.8, 4) is 11.3 Å². The Labute approximate surface area is 121 Å². The van der Waals surface area contributed by atoms with E-state index in [-0.39, 0.29) is 5.76 Å². The van der Waals surface area contributed by atoms with E-state index in [4.69, 9.17) is 20.8 Å². The Morgan fingerprint density at radius 2 is 2.15 bits per heavy atom. The SMILES string of the molecule is CCCOC(=O)c1ccc(-c2ccc(C=O)o2)c(Cl)c1.